The summed E-state index contributed by atoms with van der Waals surface area (Å²) in [5.41, 5.74) is 11.9. The number of hydrogen-bond acceptors (Lipinski definition) is 7. The van der Waals surface area contributed by atoms with Gasteiger partial charge in [-0.2, -0.15) is 0 Å². The van der Waals surface area contributed by atoms with E-state index in [0.717, 1.165) is 11.8 Å². The number of amides is 1. The molecule has 3 rings (SSSR count). The topological polar surface area (TPSA) is 124 Å². The minimum Gasteiger partial charge on any atom is -0.383 e. The van der Waals surface area contributed by atoms with Gasteiger partial charge >= 0.3 is 0 Å². The van der Waals surface area contributed by atoms with Crippen molar-refractivity contribution in [3.8, 4) is 0 Å². The number of Topliss-reactive ketones (excluding diaryl/α,β-unsaturated/α-hetero) is 1. The lowest BCUT2D eigenvalue weighted by molar-refractivity contribution is -0.112. The molecule has 1 amide bonds. The van der Waals surface area contributed by atoms with Crippen LogP contribution in [0.15, 0.2) is 28.3 Å². The van der Waals surface area contributed by atoms with Crippen molar-refractivity contribution in [2.24, 2.45) is 0 Å². The molecule has 0 fully saturated rings. The number of anilines is 3. The van der Waals surface area contributed by atoms with E-state index in [9.17, 15) is 9.59 Å². The number of nitrogens with two attached hydrogens (primary N) is 2. The zero-order valence-electron chi connectivity index (χ0n) is 10.4. The van der Waals surface area contributed by atoms with Gasteiger partial charge in [-0.05, 0) is 23.9 Å². The molecule has 1 aliphatic heterocycles. The Labute approximate surface area is 128 Å². The van der Waals surface area contributed by atoms with Gasteiger partial charge in [0.25, 0.3) is 11.7 Å². The average Bonchev–Trinajstić information content (AvgIpc) is 2.65. The summed E-state index contributed by atoms with van der Waals surface area (Å²) in [6.45, 7) is 0. The van der Waals surface area contributed by atoms with Crippen LogP contribution in [-0.4, -0.2) is 21.7 Å². The summed E-state index contributed by atoms with van der Waals surface area (Å²) in [6, 6.07) is 4.47. The van der Waals surface area contributed by atoms with Gasteiger partial charge in [-0.3, -0.25) is 9.59 Å². The molecule has 0 atom stereocenters. The molecule has 21 heavy (non-hydrogen) atoms. The van der Waals surface area contributed by atoms with Gasteiger partial charge in [-0.15, -0.1) is 0 Å². The summed E-state index contributed by atoms with van der Waals surface area (Å²) in [4.78, 5) is 31.5. The maximum absolute atomic E-state index is 11.6. The minimum absolute atomic E-state index is 0.241. The van der Waals surface area contributed by atoms with Crippen molar-refractivity contribution in [1.29, 1.82) is 0 Å². The standard InChI is InChI=1S/C12H8ClN5O2S/c13-5-1-4-6(16-11(20)10(4)19)2-7(5)21-12-17-8(14)3-9(15)18-12/h1-3H,(H,16,19,20)(H4,14,15,17,18). The van der Waals surface area contributed by atoms with Gasteiger partial charge in [0.1, 0.15) is 11.6 Å². The Morgan fingerprint density at radius 3 is 2.43 bits per heavy atom. The molecule has 1 aliphatic rings. The number of carbonyl (C=O) groups excluding carboxylic acids is 2. The van der Waals surface area contributed by atoms with Crippen molar-refractivity contribution in [1.82, 2.24) is 9.97 Å². The maximum atomic E-state index is 11.6. The Kier molecular flexibility index (Phi) is 3.19. The Bertz CT molecular complexity index is 775. The van der Waals surface area contributed by atoms with Crippen molar-refractivity contribution in [3.63, 3.8) is 0 Å². The van der Waals surface area contributed by atoms with Crippen LogP contribution in [0.5, 0.6) is 0 Å². The number of nitrogens with zero attached hydrogens (tertiary/aromatic N) is 2. The second-order valence-electron chi connectivity index (χ2n) is 4.21. The van der Waals surface area contributed by atoms with E-state index >= 15 is 0 Å². The van der Waals surface area contributed by atoms with Crippen molar-refractivity contribution >= 4 is 52.4 Å². The SMILES string of the molecule is Nc1cc(N)nc(Sc2cc3c(cc2Cl)C(=O)C(=O)N3)n1. The number of benzene rings is 1. The zero-order valence-corrected chi connectivity index (χ0v) is 12.0. The van der Waals surface area contributed by atoms with Crippen LogP contribution in [0, 0.1) is 0 Å². The lowest BCUT2D eigenvalue weighted by Crippen LogP contribution is -2.12. The highest BCUT2D eigenvalue weighted by atomic mass is 35.5. The minimum atomic E-state index is -0.673. The second-order valence-corrected chi connectivity index (χ2v) is 5.63. The van der Waals surface area contributed by atoms with E-state index in [4.69, 9.17) is 23.1 Å². The molecule has 9 heteroatoms. The molecule has 2 aromatic rings. The van der Waals surface area contributed by atoms with Crippen LogP contribution in [0.3, 0.4) is 0 Å². The Morgan fingerprint density at radius 1 is 1.10 bits per heavy atom. The first kappa shape index (κ1) is 13.7. The number of halogens is 1. The van der Waals surface area contributed by atoms with Crippen LogP contribution in [0.25, 0.3) is 0 Å². The smallest absolute Gasteiger partial charge is 0.296 e. The number of rotatable bonds is 2. The molecule has 0 radical (unpaired) electrons. The van der Waals surface area contributed by atoms with Gasteiger partial charge in [0, 0.05) is 11.0 Å². The van der Waals surface area contributed by atoms with Crippen LogP contribution in [-0.2, 0) is 4.79 Å². The summed E-state index contributed by atoms with van der Waals surface area (Å²) in [7, 11) is 0. The molecule has 0 saturated carbocycles. The molecule has 0 spiro atoms. The van der Waals surface area contributed by atoms with Crippen LogP contribution < -0.4 is 16.8 Å². The number of aromatic nitrogens is 2. The number of nitrogens with one attached hydrogen (secondary N) is 1. The Morgan fingerprint density at radius 2 is 1.76 bits per heavy atom. The van der Waals surface area contributed by atoms with Crippen LogP contribution in [0.2, 0.25) is 5.02 Å². The zero-order chi connectivity index (χ0) is 15.1. The van der Waals surface area contributed by atoms with Crippen molar-refractivity contribution in [2.75, 3.05) is 16.8 Å². The first-order chi connectivity index (χ1) is 9.94. The molecule has 2 heterocycles. The number of carbonyl (C=O) groups is 2. The third-order valence-electron chi connectivity index (χ3n) is 2.72. The summed E-state index contributed by atoms with van der Waals surface area (Å²) in [6.07, 6.45) is 0. The van der Waals surface area contributed by atoms with Crippen molar-refractivity contribution in [2.45, 2.75) is 10.1 Å². The molecule has 0 unspecified atom stereocenters. The molecule has 0 saturated heterocycles. The fraction of sp³-hybridized carbons (Fsp3) is 0. The highest BCUT2D eigenvalue weighted by Crippen LogP contribution is 2.37. The Hall–Kier alpha value is -2.32. The van der Waals surface area contributed by atoms with Gasteiger partial charge in [0.05, 0.1) is 16.3 Å². The van der Waals surface area contributed by atoms with Gasteiger partial charge in [-0.1, -0.05) is 11.6 Å². The molecular formula is C12H8ClN5O2S. The third kappa shape index (κ3) is 2.50. The van der Waals surface area contributed by atoms with E-state index < -0.39 is 11.7 Å². The highest BCUT2D eigenvalue weighted by Gasteiger charge is 2.29. The third-order valence-corrected chi connectivity index (χ3v) is 4.07. The lowest BCUT2D eigenvalue weighted by Gasteiger charge is -2.06. The quantitative estimate of drug-likeness (QED) is 0.566. The summed E-state index contributed by atoms with van der Waals surface area (Å²) in [5.74, 6) is -0.794. The molecular weight excluding hydrogens is 314 g/mol. The molecule has 1 aromatic carbocycles. The van der Waals surface area contributed by atoms with Crippen LogP contribution in [0.1, 0.15) is 10.4 Å². The number of ketones is 1. The monoisotopic (exact) mass is 321 g/mol. The summed E-state index contributed by atoms with van der Waals surface area (Å²) >= 11 is 7.25. The largest absolute Gasteiger partial charge is 0.383 e. The molecule has 7 nitrogen and oxygen atoms in total. The fourth-order valence-electron chi connectivity index (χ4n) is 1.83. The van der Waals surface area contributed by atoms with E-state index in [1.165, 1.54) is 12.1 Å². The fourth-order valence-corrected chi connectivity index (χ4v) is 2.94. The van der Waals surface area contributed by atoms with E-state index in [2.05, 4.69) is 15.3 Å². The first-order valence-corrected chi connectivity index (χ1v) is 6.90. The van der Waals surface area contributed by atoms with E-state index in [1.807, 2.05) is 0 Å². The Balaban J connectivity index is 1.99. The average molecular weight is 322 g/mol. The van der Waals surface area contributed by atoms with E-state index in [0.29, 0.717) is 20.8 Å². The highest BCUT2D eigenvalue weighted by molar-refractivity contribution is 7.99. The van der Waals surface area contributed by atoms with Gasteiger partial charge < -0.3 is 16.8 Å². The summed E-state index contributed by atoms with van der Waals surface area (Å²) in [5, 5.41) is 3.11. The molecule has 1 aromatic heterocycles. The maximum Gasteiger partial charge on any atom is 0.296 e. The predicted octanol–water partition coefficient (Wildman–Crippen LogP) is 1.58. The van der Waals surface area contributed by atoms with Crippen molar-refractivity contribution in [3.05, 3.63) is 28.8 Å². The van der Waals surface area contributed by atoms with Crippen molar-refractivity contribution < 1.29 is 9.59 Å². The van der Waals surface area contributed by atoms with Crippen LogP contribution >= 0.6 is 23.4 Å². The molecule has 5 N–H and O–H groups in total. The number of hydrogen-bond donors (Lipinski definition) is 3. The van der Waals surface area contributed by atoms with Gasteiger partial charge in [0.2, 0.25) is 0 Å². The molecule has 106 valence electrons. The molecule has 0 bridgehead atoms. The normalized spacial score (nSPS) is 13.2. The van der Waals surface area contributed by atoms with Gasteiger partial charge in [0.15, 0.2) is 5.16 Å². The van der Waals surface area contributed by atoms with Gasteiger partial charge in [-0.25, -0.2) is 9.97 Å². The van der Waals surface area contributed by atoms with E-state index in [1.54, 1.807) is 6.07 Å². The first-order valence-electron chi connectivity index (χ1n) is 5.71. The van der Waals surface area contributed by atoms with E-state index in [-0.39, 0.29) is 17.2 Å². The predicted molar refractivity (Wildman–Crippen MR) is 79.4 cm³/mol. The number of nitrogen functional groups attached to an aromatic ring is 2. The van der Waals surface area contributed by atoms with Crippen LogP contribution in [0.4, 0.5) is 17.3 Å². The summed E-state index contributed by atoms with van der Waals surface area (Å²) < 4.78 is 0. The second kappa shape index (κ2) is 4.90. The lowest BCUT2D eigenvalue weighted by atomic mass is 10.1. The molecule has 0 aliphatic carbocycles. The number of fused-ring (bicyclic) bond motifs is 1.